The molecule has 0 fully saturated rings. The van der Waals surface area contributed by atoms with Gasteiger partial charge in [0.2, 0.25) is 0 Å². The minimum atomic E-state index is 0.170. The molecule has 0 N–H and O–H groups in total. The molecule has 0 saturated carbocycles. The molecule has 0 unspecified atom stereocenters. The first-order valence-corrected chi connectivity index (χ1v) is 7.85. The molecule has 0 atom stereocenters. The van der Waals surface area contributed by atoms with Crippen LogP contribution in [0.15, 0.2) is 35.4 Å². The second-order valence-electron chi connectivity index (χ2n) is 4.67. The normalized spacial score (nSPS) is 14.2. The van der Waals surface area contributed by atoms with Crippen molar-refractivity contribution >= 4 is 29.1 Å². The topological polar surface area (TPSA) is 42.9 Å². The second kappa shape index (κ2) is 5.94. The van der Waals surface area contributed by atoms with Gasteiger partial charge < -0.3 is 0 Å². The number of carbonyl (C=O) groups excluding carboxylic acids is 1. The molecular weight excluding hydrogens is 292 g/mol. The van der Waals surface area contributed by atoms with Crippen LogP contribution < -0.4 is 0 Å². The Balaban J connectivity index is 1.72. The number of fused-ring (bicyclic) bond motifs is 1. The third kappa shape index (κ3) is 3.02. The van der Waals surface area contributed by atoms with E-state index in [1.807, 2.05) is 24.3 Å². The smallest absolute Gasteiger partial charge is 0.166 e. The monoisotopic (exact) mass is 304 g/mol. The van der Waals surface area contributed by atoms with E-state index in [4.69, 9.17) is 11.6 Å². The Morgan fingerprint density at radius 1 is 1.20 bits per heavy atom. The quantitative estimate of drug-likeness (QED) is 0.806. The number of thioether (sulfide) groups is 1. The lowest BCUT2D eigenvalue weighted by molar-refractivity contribution is 0.0971. The molecule has 3 rings (SSSR count). The standard InChI is InChI=1S/C15H13ClN2OS/c16-10-4-6-11(7-5-10)20-9-15-17-8-12-13(18-15)2-1-3-14(12)19/h4-8H,1-3,9H2. The Labute approximate surface area is 126 Å². The highest BCUT2D eigenvalue weighted by atomic mass is 35.5. The highest BCUT2D eigenvalue weighted by Crippen LogP contribution is 2.24. The van der Waals surface area contributed by atoms with Crippen LogP contribution in [0.4, 0.5) is 0 Å². The average Bonchev–Trinajstić information content (AvgIpc) is 2.47. The number of hydrogen-bond donors (Lipinski definition) is 0. The van der Waals surface area contributed by atoms with E-state index in [2.05, 4.69) is 9.97 Å². The van der Waals surface area contributed by atoms with Crippen LogP contribution in [-0.4, -0.2) is 15.8 Å². The molecule has 0 bridgehead atoms. The van der Waals surface area contributed by atoms with E-state index in [1.54, 1.807) is 18.0 Å². The van der Waals surface area contributed by atoms with Gasteiger partial charge in [-0.1, -0.05) is 11.6 Å². The molecule has 20 heavy (non-hydrogen) atoms. The molecule has 5 heteroatoms. The van der Waals surface area contributed by atoms with Crippen LogP contribution in [0.25, 0.3) is 0 Å². The summed E-state index contributed by atoms with van der Waals surface area (Å²) in [7, 11) is 0. The maximum absolute atomic E-state index is 11.7. The zero-order chi connectivity index (χ0) is 13.9. The fraction of sp³-hybridized carbons (Fsp3) is 0.267. The van der Waals surface area contributed by atoms with Crippen molar-refractivity contribution in [2.75, 3.05) is 0 Å². The molecule has 3 nitrogen and oxygen atoms in total. The van der Waals surface area contributed by atoms with Gasteiger partial charge >= 0.3 is 0 Å². The van der Waals surface area contributed by atoms with E-state index in [1.165, 1.54) is 0 Å². The summed E-state index contributed by atoms with van der Waals surface area (Å²) in [6.45, 7) is 0. The molecule has 102 valence electrons. The molecule has 0 aliphatic heterocycles. The van der Waals surface area contributed by atoms with Crippen LogP contribution in [0, 0.1) is 0 Å². The minimum Gasteiger partial charge on any atom is -0.294 e. The number of carbonyl (C=O) groups is 1. The average molecular weight is 305 g/mol. The van der Waals surface area contributed by atoms with E-state index in [0.717, 1.165) is 34.3 Å². The summed E-state index contributed by atoms with van der Waals surface area (Å²) in [4.78, 5) is 21.7. The molecule has 0 saturated heterocycles. The molecule has 0 radical (unpaired) electrons. The van der Waals surface area contributed by atoms with Crippen molar-refractivity contribution in [1.29, 1.82) is 0 Å². The Hall–Kier alpha value is -1.39. The van der Waals surface area contributed by atoms with Crippen LogP contribution >= 0.6 is 23.4 Å². The molecule has 1 heterocycles. The number of rotatable bonds is 3. The Morgan fingerprint density at radius 2 is 2.00 bits per heavy atom. The van der Waals surface area contributed by atoms with Crippen molar-refractivity contribution < 1.29 is 4.79 Å². The Kier molecular flexibility index (Phi) is 4.03. The number of aryl methyl sites for hydroxylation is 1. The number of benzene rings is 1. The Bertz CT molecular complexity index is 643. The maximum Gasteiger partial charge on any atom is 0.166 e. The lowest BCUT2D eigenvalue weighted by atomic mass is 9.96. The second-order valence-corrected chi connectivity index (χ2v) is 6.15. The molecule has 1 aromatic carbocycles. The van der Waals surface area contributed by atoms with Crippen LogP contribution in [0.5, 0.6) is 0 Å². The predicted molar refractivity (Wildman–Crippen MR) is 80.3 cm³/mol. The van der Waals surface area contributed by atoms with Gasteiger partial charge in [-0.05, 0) is 37.1 Å². The number of nitrogens with zero attached hydrogens (tertiary/aromatic N) is 2. The number of halogens is 1. The number of Topliss-reactive ketones (excluding diaryl/α,β-unsaturated/α-hetero) is 1. The third-order valence-corrected chi connectivity index (χ3v) is 4.48. The first-order valence-electron chi connectivity index (χ1n) is 6.49. The fourth-order valence-electron chi connectivity index (χ4n) is 2.18. The highest BCUT2D eigenvalue weighted by Gasteiger charge is 2.19. The molecule has 1 aromatic heterocycles. The van der Waals surface area contributed by atoms with Crippen LogP contribution in [0.2, 0.25) is 5.02 Å². The molecule has 0 spiro atoms. The van der Waals surface area contributed by atoms with Crippen molar-refractivity contribution in [1.82, 2.24) is 9.97 Å². The van der Waals surface area contributed by atoms with Gasteiger partial charge in [0.1, 0.15) is 5.82 Å². The summed E-state index contributed by atoms with van der Waals surface area (Å²) >= 11 is 7.52. The molecule has 2 aromatic rings. The zero-order valence-electron chi connectivity index (χ0n) is 10.8. The minimum absolute atomic E-state index is 0.170. The van der Waals surface area contributed by atoms with Crippen LogP contribution in [0.1, 0.15) is 34.7 Å². The van der Waals surface area contributed by atoms with E-state index in [-0.39, 0.29) is 5.78 Å². The van der Waals surface area contributed by atoms with E-state index < -0.39 is 0 Å². The van der Waals surface area contributed by atoms with Gasteiger partial charge in [0.25, 0.3) is 0 Å². The third-order valence-electron chi connectivity index (χ3n) is 3.22. The van der Waals surface area contributed by atoms with E-state index in [0.29, 0.717) is 17.7 Å². The summed E-state index contributed by atoms with van der Waals surface area (Å²) in [6.07, 6.45) is 4.08. The maximum atomic E-state index is 11.7. The lowest BCUT2D eigenvalue weighted by Crippen LogP contribution is -2.14. The molecule has 1 aliphatic carbocycles. The van der Waals surface area contributed by atoms with Gasteiger partial charge in [0, 0.05) is 22.5 Å². The number of aromatic nitrogens is 2. The highest BCUT2D eigenvalue weighted by molar-refractivity contribution is 7.98. The first-order chi connectivity index (χ1) is 9.72. The van der Waals surface area contributed by atoms with E-state index >= 15 is 0 Å². The van der Waals surface area contributed by atoms with Gasteiger partial charge in [0.15, 0.2) is 5.78 Å². The van der Waals surface area contributed by atoms with Crippen LogP contribution in [-0.2, 0) is 12.2 Å². The molecular formula is C15H13ClN2OS. The fourth-order valence-corrected chi connectivity index (χ4v) is 3.07. The summed E-state index contributed by atoms with van der Waals surface area (Å²) in [5.41, 5.74) is 1.61. The number of hydrogen-bond acceptors (Lipinski definition) is 4. The molecule has 0 amide bonds. The van der Waals surface area contributed by atoms with Gasteiger partial charge in [-0.15, -0.1) is 11.8 Å². The SMILES string of the molecule is O=C1CCCc2nc(CSc3ccc(Cl)cc3)ncc21. The molecule has 1 aliphatic rings. The largest absolute Gasteiger partial charge is 0.294 e. The first kappa shape index (κ1) is 13.6. The summed E-state index contributed by atoms with van der Waals surface area (Å²) in [5.74, 6) is 1.64. The van der Waals surface area contributed by atoms with Gasteiger partial charge in [0.05, 0.1) is 17.0 Å². The van der Waals surface area contributed by atoms with Crippen molar-refractivity contribution in [3.8, 4) is 0 Å². The summed E-state index contributed by atoms with van der Waals surface area (Å²) in [5, 5.41) is 0.734. The van der Waals surface area contributed by atoms with Gasteiger partial charge in [-0.25, -0.2) is 9.97 Å². The van der Waals surface area contributed by atoms with Crippen molar-refractivity contribution in [2.45, 2.75) is 29.9 Å². The van der Waals surface area contributed by atoms with Gasteiger partial charge in [-0.2, -0.15) is 0 Å². The zero-order valence-corrected chi connectivity index (χ0v) is 12.4. The van der Waals surface area contributed by atoms with Crippen molar-refractivity contribution in [2.24, 2.45) is 0 Å². The van der Waals surface area contributed by atoms with Crippen molar-refractivity contribution in [3.05, 3.63) is 52.6 Å². The summed E-state index contributed by atoms with van der Waals surface area (Å²) in [6, 6.07) is 7.70. The summed E-state index contributed by atoms with van der Waals surface area (Å²) < 4.78 is 0. The number of ketones is 1. The lowest BCUT2D eigenvalue weighted by Gasteiger charge is -2.13. The Morgan fingerprint density at radius 3 is 2.80 bits per heavy atom. The van der Waals surface area contributed by atoms with Crippen molar-refractivity contribution in [3.63, 3.8) is 0 Å². The van der Waals surface area contributed by atoms with Crippen LogP contribution in [0.3, 0.4) is 0 Å². The van der Waals surface area contributed by atoms with Gasteiger partial charge in [-0.3, -0.25) is 4.79 Å². The predicted octanol–water partition coefficient (Wildman–Crippen LogP) is 3.94. The van der Waals surface area contributed by atoms with E-state index in [9.17, 15) is 4.79 Å².